The van der Waals surface area contributed by atoms with Crippen LogP contribution in [0.3, 0.4) is 0 Å². The lowest BCUT2D eigenvalue weighted by Crippen LogP contribution is -2.35. The minimum atomic E-state index is -0.342. The van der Waals surface area contributed by atoms with Gasteiger partial charge in [0, 0.05) is 35.9 Å². The van der Waals surface area contributed by atoms with Crippen LogP contribution in [0, 0.1) is 0 Å². The molecule has 2 amide bonds. The van der Waals surface area contributed by atoms with E-state index in [1.807, 2.05) is 18.2 Å². The van der Waals surface area contributed by atoms with Crippen LogP contribution in [0.1, 0.15) is 10.5 Å². The molecule has 0 radical (unpaired) electrons. The van der Waals surface area contributed by atoms with E-state index in [1.165, 1.54) is 16.2 Å². The number of nitrogens with zero attached hydrogens (tertiary/aromatic N) is 2. The Balaban J connectivity index is 1.27. The van der Waals surface area contributed by atoms with Crippen LogP contribution in [0.5, 0.6) is 17.2 Å². The molecule has 0 aliphatic carbocycles. The Bertz CT molecular complexity index is 1160. The highest BCUT2D eigenvalue weighted by atomic mass is 32.1. The number of benzene rings is 2. The highest BCUT2D eigenvalue weighted by Gasteiger charge is 2.23. The van der Waals surface area contributed by atoms with Gasteiger partial charge in [0.05, 0.1) is 5.69 Å². The second-order valence-electron chi connectivity index (χ2n) is 6.61. The van der Waals surface area contributed by atoms with Gasteiger partial charge in [-0.2, -0.15) is 0 Å². The van der Waals surface area contributed by atoms with Gasteiger partial charge in [-0.3, -0.25) is 9.59 Å². The number of anilines is 4. The van der Waals surface area contributed by atoms with Crippen LogP contribution in [0.4, 0.5) is 22.2 Å². The quantitative estimate of drug-likeness (QED) is 0.663. The lowest BCUT2D eigenvalue weighted by molar-refractivity contribution is -0.120. The van der Waals surface area contributed by atoms with E-state index in [9.17, 15) is 9.59 Å². The molecule has 0 saturated heterocycles. The molecule has 10 heteroatoms. The van der Waals surface area contributed by atoms with Crippen molar-refractivity contribution in [1.29, 1.82) is 0 Å². The fourth-order valence-corrected chi connectivity index (χ4v) is 3.79. The maximum Gasteiger partial charge on any atom is 0.275 e. The molecule has 2 aliphatic rings. The largest absolute Gasteiger partial charge is 0.481 e. The Morgan fingerprint density at radius 1 is 1.07 bits per heavy atom. The highest BCUT2D eigenvalue weighted by Crippen LogP contribution is 2.36. The van der Waals surface area contributed by atoms with Gasteiger partial charge in [0.2, 0.25) is 6.79 Å². The third kappa shape index (κ3) is 3.37. The summed E-state index contributed by atoms with van der Waals surface area (Å²) in [6.45, 7) is 0.183. The summed E-state index contributed by atoms with van der Waals surface area (Å²) in [7, 11) is 1.69. The molecule has 2 N–H and O–H groups in total. The van der Waals surface area contributed by atoms with E-state index < -0.39 is 0 Å². The number of aromatic nitrogens is 1. The Morgan fingerprint density at radius 3 is 2.77 bits per heavy atom. The minimum Gasteiger partial charge on any atom is -0.481 e. The molecular formula is C20H16N4O5S. The molecule has 0 saturated carbocycles. The van der Waals surface area contributed by atoms with Crippen LogP contribution in [-0.2, 0) is 4.79 Å². The van der Waals surface area contributed by atoms with Crippen molar-refractivity contribution < 1.29 is 23.8 Å². The highest BCUT2D eigenvalue weighted by molar-refractivity contribution is 7.14. The molecule has 9 nitrogen and oxygen atoms in total. The van der Waals surface area contributed by atoms with Gasteiger partial charge in [0.25, 0.3) is 11.8 Å². The van der Waals surface area contributed by atoms with E-state index in [-0.39, 0.29) is 30.9 Å². The average molecular weight is 424 g/mol. The Hall–Kier alpha value is -3.79. The number of carbonyl (C=O) groups excluding carboxylic acids is 2. The fraction of sp³-hybridized carbons (Fsp3) is 0.150. The fourth-order valence-electron chi connectivity index (χ4n) is 3.08. The number of hydrogen-bond acceptors (Lipinski definition) is 8. The molecule has 0 atom stereocenters. The minimum absolute atomic E-state index is 0.0259. The summed E-state index contributed by atoms with van der Waals surface area (Å²) in [5, 5.41) is 8.21. The summed E-state index contributed by atoms with van der Waals surface area (Å²) in [6.07, 6.45) is 0. The molecule has 152 valence electrons. The third-order valence-electron chi connectivity index (χ3n) is 4.66. The summed E-state index contributed by atoms with van der Waals surface area (Å²) in [5.41, 5.74) is 2.29. The van der Waals surface area contributed by atoms with Crippen molar-refractivity contribution in [2.45, 2.75) is 0 Å². The van der Waals surface area contributed by atoms with Crippen LogP contribution < -0.4 is 29.7 Å². The summed E-state index contributed by atoms with van der Waals surface area (Å²) < 4.78 is 16.1. The van der Waals surface area contributed by atoms with Gasteiger partial charge in [-0.15, -0.1) is 11.3 Å². The van der Waals surface area contributed by atoms with Gasteiger partial charge in [-0.05, 0) is 24.3 Å². The zero-order valence-electron chi connectivity index (χ0n) is 15.8. The van der Waals surface area contributed by atoms with Gasteiger partial charge in [0.1, 0.15) is 11.4 Å². The molecule has 0 spiro atoms. The number of amides is 2. The van der Waals surface area contributed by atoms with E-state index >= 15 is 0 Å². The molecule has 0 bridgehead atoms. The van der Waals surface area contributed by atoms with Crippen molar-refractivity contribution in [3.05, 3.63) is 47.5 Å². The summed E-state index contributed by atoms with van der Waals surface area (Å²) >= 11 is 1.32. The van der Waals surface area contributed by atoms with Crippen molar-refractivity contribution in [3.8, 4) is 17.2 Å². The van der Waals surface area contributed by atoms with Crippen LogP contribution in [-0.4, -0.2) is 37.2 Å². The molecule has 2 aliphatic heterocycles. The third-order valence-corrected chi connectivity index (χ3v) is 5.42. The molecule has 2 aromatic carbocycles. The monoisotopic (exact) mass is 424 g/mol. The summed E-state index contributed by atoms with van der Waals surface area (Å²) in [6, 6.07) is 10.6. The van der Waals surface area contributed by atoms with E-state index in [0.717, 1.165) is 5.69 Å². The van der Waals surface area contributed by atoms with Crippen molar-refractivity contribution in [2.75, 3.05) is 36.0 Å². The zero-order chi connectivity index (χ0) is 20.7. The molecule has 1 aromatic heterocycles. The van der Waals surface area contributed by atoms with Crippen molar-refractivity contribution in [3.63, 3.8) is 0 Å². The van der Waals surface area contributed by atoms with Crippen LogP contribution >= 0.6 is 11.3 Å². The average Bonchev–Trinajstić information content (AvgIpc) is 3.40. The lowest BCUT2D eigenvalue weighted by atomic mass is 10.2. The molecule has 5 rings (SSSR count). The number of nitrogens with one attached hydrogen (secondary N) is 2. The number of rotatable bonds is 4. The Labute approximate surface area is 175 Å². The molecule has 3 aromatic rings. The Kier molecular flexibility index (Phi) is 4.40. The standard InChI is InChI=1S/C20H16N4O5S/c1-24-14-4-2-11(6-16(14)27-8-18(24)25)21-19(26)13-9-30-20(23-13)22-12-3-5-15-17(7-12)29-10-28-15/h2-7,9H,8,10H2,1H3,(H,21,26)(H,22,23). The molecule has 0 fully saturated rings. The van der Waals surface area contributed by atoms with Gasteiger partial charge < -0.3 is 29.7 Å². The second kappa shape index (κ2) is 7.23. The van der Waals surface area contributed by atoms with Gasteiger partial charge in [-0.1, -0.05) is 0 Å². The number of carbonyl (C=O) groups is 2. The summed E-state index contributed by atoms with van der Waals surface area (Å²) in [5.74, 6) is 1.44. The van der Waals surface area contributed by atoms with Crippen LogP contribution in [0.25, 0.3) is 0 Å². The number of likely N-dealkylation sites (N-methyl/N-ethyl adjacent to an activating group) is 1. The lowest BCUT2D eigenvalue weighted by Gasteiger charge is -2.26. The van der Waals surface area contributed by atoms with Gasteiger partial charge >= 0.3 is 0 Å². The van der Waals surface area contributed by atoms with Crippen LogP contribution in [0.15, 0.2) is 41.8 Å². The predicted octanol–water partition coefficient (Wildman–Crippen LogP) is 3.22. The summed E-state index contributed by atoms with van der Waals surface area (Å²) in [4.78, 5) is 30.1. The number of thiazole rings is 1. The number of ether oxygens (including phenoxy) is 3. The van der Waals surface area contributed by atoms with Gasteiger partial charge in [-0.25, -0.2) is 4.98 Å². The smallest absolute Gasteiger partial charge is 0.275 e. The first kappa shape index (κ1) is 18.3. The van der Waals surface area contributed by atoms with Crippen LogP contribution in [0.2, 0.25) is 0 Å². The maximum atomic E-state index is 12.6. The SMILES string of the molecule is CN1C(=O)COc2cc(NC(=O)c3csc(Nc4ccc5c(c4)OCO5)n3)ccc21. The predicted molar refractivity (Wildman–Crippen MR) is 111 cm³/mol. The molecule has 0 unspecified atom stereocenters. The first-order valence-electron chi connectivity index (χ1n) is 9.04. The van der Waals surface area contributed by atoms with E-state index in [2.05, 4.69) is 15.6 Å². The van der Waals surface area contributed by atoms with Crippen molar-refractivity contribution in [1.82, 2.24) is 4.98 Å². The van der Waals surface area contributed by atoms with Gasteiger partial charge in [0.15, 0.2) is 23.2 Å². The first-order valence-corrected chi connectivity index (χ1v) is 9.92. The van der Waals surface area contributed by atoms with E-state index in [0.29, 0.717) is 33.8 Å². The normalized spacial score (nSPS) is 14.2. The van der Waals surface area contributed by atoms with E-state index in [1.54, 1.807) is 30.6 Å². The van der Waals surface area contributed by atoms with Crippen molar-refractivity contribution in [2.24, 2.45) is 0 Å². The van der Waals surface area contributed by atoms with Crippen molar-refractivity contribution >= 4 is 45.3 Å². The number of fused-ring (bicyclic) bond motifs is 2. The zero-order valence-corrected chi connectivity index (χ0v) is 16.6. The molecule has 3 heterocycles. The maximum absolute atomic E-state index is 12.6. The van der Waals surface area contributed by atoms with E-state index in [4.69, 9.17) is 14.2 Å². The Morgan fingerprint density at radius 2 is 1.87 bits per heavy atom. The second-order valence-corrected chi connectivity index (χ2v) is 7.47. The molecular weight excluding hydrogens is 408 g/mol. The molecule has 30 heavy (non-hydrogen) atoms. The topological polar surface area (TPSA) is 102 Å². The first-order chi connectivity index (χ1) is 14.6. The number of hydrogen-bond donors (Lipinski definition) is 2.